The lowest BCUT2D eigenvalue weighted by atomic mass is 10.2. The smallest absolute Gasteiger partial charge is 0.344 e. The quantitative estimate of drug-likeness (QED) is 0.309. The zero-order chi connectivity index (χ0) is 26.2. The van der Waals surface area contributed by atoms with Crippen molar-refractivity contribution in [2.45, 2.75) is 13.8 Å². The molecule has 11 heteroatoms. The second-order valence-corrected chi connectivity index (χ2v) is 9.09. The number of carbonyl (C=O) groups is 3. The van der Waals surface area contributed by atoms with Crippen LogP contribution in [0.1, 0.15) is 29.8 Å². The number of amides is 1. The van der Waals surface area contributed by atoms with Gasteiger partial charge in [-0.05, 0) is 83.5 Å². The van der Waals surface area contributed by atoms with Gasteiger partial charge in [-0.25, -0.2) is 14.6 Å². The summed E-state index contributed by atoms with van der Waals surface area (Å²) < 4.78 is 21.2. The van der Waals surface area contributed by atoms with E-state index in [1.807, 2.05) is 6.92 Å². The molecule has 0 N–H and O–H groups in total. The summed E-state index contributed by atoms with van der Waals surface area (Å²) in [6.45, 7) is 3.99. The topological polar surface area (TPSA) is 104 Å². The van der Waals surface area contributed by atoms with Gasteiger partial charge in [-0.1, -0.05) is 6.07 Å². The van der Waals surface area contributed by atoms with E-state index in [2.05, 4.69) is 20.9 Å². The molecule has 0 unspecified atom stereocenters. The van der Waals surface area contributed by atoms with Crippen molar-refractivity contribution >= 4 is 62.5 Å². The first-order chi connectivity index (χ1) is 17.3. The minimum absolute atomic E-state index is 0.192. The van der Waals surface area contributed by atoms with Gasteiger partial charge in [0.1, 0.15) is 0 Å². The molecule has 0 bridgehead atoms. The van der Waals surface area contributed by atoms with Gasteiger partial charge in [-0.15, -0.1) is 0 Å². The van der Waals surface area contributed by atoms with Crippen molar-refractivity contribution in [3.05, 3.63) is 56.9 Å². The first-order valence-corrected chi connectivity index (χ1v) is 12.6. The molecule has 0 aliphatic carbocycles. The highest BCUT2D eigenvalue weighted by atomic mass is 79.9. The Labute approximate surface area is 221 Å². The van der Waals surface area contributed by atoms with Gasteiger partial charge in [-0.2, -0.15) is 0 Å². The Bertz CT molecular complexity index is 1230. The van der Waals surface area contributed by atoms with Crippen LogP contribution in [0.25, 0.3) is 6.08 Å². The number of aliphatic imine (C=N–C) groups is 1. The SMILES string of the molecule is CCOC(=O)COc1c(Br)cc(C=C2SC(=Nc3cccc(C(=O)OC)c3)N(CC)C2=O)cc1OC. The summed E-state index contributed by atoms with van der Waals surface area (Å²) in [5, 5.41) is 0.496. The minimum Gasteiger partial charge on any atom is -0.493 e. The van der Waals surface area contributed by atoms with E-state index < -0.39 is 11.9 Å². The van der Waals surface area contributed by atoms with Gasteiger partial charge < -0.3 is 18.9 Å². The van der Waals surface area contributed by atoms with E-state index in [1.165, 1.54) is 26.0 Å². The normalized spacial score (nSPS) is 15.4. The van der Waals surface area contributed by atoms with Crippen molar-refractivity contribution in [2.75, 3.05) is 34.0 Å². The molecular weight excluding hydrogens is 552 g/mol. The average molecular weight is 577 g/mol. The minimum atomic E-state index is -0.491. The predicted molar refractivity (Wildman–Crippen MR) is 141 cm³/mol. The molecule has 0 radical (unpaired) electrons. The highest BCUT2D eigenvalue weighted by molar-refractivity contribution is 9.10. The maximum atomic E-state index is 13.1. The van der Waals surface area contributed by atoms with Crippen LogP contribution in [0.15, 0.2) is 50.8 Å². The van der Waals surface area contributed by atoms with Gasteiger partial charge in [0.25, 0.3) is 5.91 Å². The lowest BCUT2D eigenvalue weighted by molar-refractivity contribution is -0.145. The molecule has 0 saturated carbocycles. The molecule has 1 aliphatic heterocycles. The maximum Gasteiger partial charge on any atom is 0.344 e. The molecule has 1 fully saturated rings. The van der Waals surface area contributed by atoms with Crippen molar-refractivity contribution in [2.24, 2.45) is 4.99 Å². The number of hydrogen-bond acceptors (Lipinski definition) is 9. The van der Waals surface area contributed by atoms with Crippen LogP contribution in [0.5, 0.6) is 11.5 Å². The van der Waals surface area contributed by atoms with Crippen LogP contribution in [0.2, 0.25) is 0 Å². The van der Waals surface area contributed by atoms with E-state index >= 15 is 0 Å². The monoisotopic (exact) mass is 576 g/mol. The highest BCUT2D eigenvalue weighted by Gasteiger charge is 2.32. The number of benzene rings is 2. The zero-order valence-electron chi connectivity index (χ0n) is 20.2. The fraction of sp³-hybridized carbons (Fsp3) is 0.280. The standard InChI is InChI=1S/C25H25BrN2O7S/c1-5-28-23(30)20(36-25(28)27-17-9-7-8-16(13-17)24(31)33-4)12-15-10-18(26)22(19(11-15)32-3)35-14-21(29)34-6-2/h7-13H,5-6,14H2,1-4H3. The molecule has 1 heterocycles. The van der Waals surface area contributed by atoms with Crippen LogP contribution < -0.4 is 9.47 Å². The number of amidine groups is 1. The Balaban J connectivity index is 1.89. The average Bonchev–Trinajstić information content (AvgIpc) is 3.16. The summed E-state index contributed by atoms with van der Waals surface area (Å²) in [5.74, 6) is -0.413. The number of nitrogens with zero attached hydrogens (tertiary/aromatic N) is 2. The Morgan fingerprint density at radius 2 is 1.94 bits per heavy atom. The first-order valence-electron chi connectivity index (χ1n) is 11.0. The number of methoxy groups -OCH3 is 2. The lowest BCUT2D eigenvalue weighted by Gasteiger charge is -2.13. The summed E-state index contributed by atoms with van der Waals surface area (Å²) >= 11 is 4.68. The molecule has 1 saturated heterocycles. The van der Waals surface area contributed by atoms with E-state index in [0.717, 1.165) is 0 Å². The lowest BCUT2D eigenvalue weighted by Crippen LogP contribution is -2.28. The molecule has 2 aromatic rings. The Kier molecular flexibility index (Phi) is 9.54. The van der Waals surface area contributed by atoms with Gasteiger partial charge in [0.05, 0.1) is 41.5 Å². The van der Waals surface area contributed by atoms with E-state index in [4.69, 9.17) is 18.9 Å². The summed E-state index contributed by atoms with van der Waals surface area (Å²) in [6.07, 6.45) is 1.73. The molecular formula is C25H25BrN2O7S. The summed E-state index contributed by atoms with van der Waals surface area (Å²) in [5.41, 5.74) is 1.58. The van der Waals surface area contributed by atoms with Gasteiger partial charge in [0, 0.05) is 6.54 Å². The largest absolute Gasteiger partial charge is 0.493 e. The summed E-state index contributed by atoms with van der Waals surface area (Å²) in [4.78, 5) is 43.2. The van der Waals surface area contributed by atoms with E-state index in [1.54, 1.807) is 54.3 Å². The van der Waals surface area contributed by atoms with Crippen LogP contribution in [0.3, 0.4) is 0 Å². The predicted octanol–water partition coefficient (Wildman–Crippen LogP) is 4.81. The Morgan fingerprint density at radius 3 is 2.61 bits per heavy atom. The van der Waals surface area contributed by atoms with Crippen molar-refractivity contribution < 1.29 is 33.3 Å². The van der Waals surface area contributed by atoms with Gasteiger partial charge >= 0.3 is 11.9 Å². The summed E-state index contributed by atoms with van der Waals surface area (Å²) in [7, 11) is 2.80. The second-order valence-electron chi connectivity index (χ2n) is 7.22. The highest BCUT2D eigenvalue weighted by Crippen LogP contribution is 2.39. The number of hydrogen-bond donors (Lipinski definition) is 0. The number of esters is 2. The van der Waals surface area contributed by atoms with Gasteiger partial charge in [-0.3, -0.25) is 9.69 Å². The Hall–Kier alpha value is -3.31. The number of carbonyl (C=O) groups excluding carboxylic acids is 3. The molecule has 2 aromatic carbocycles. The molecule has 1 amide bonds. The van der Waals surface area contributed by atoms with E-state index in [9.17, 15) is 14.4 Å². The van der Waals surface area contributed by atoms with Crippen LogP contribution >= 0.6 is 27.7 Å². The number of ether oxygens (including phenoxy) is 4. The third-order valence-corrected chi connectivity index (χ3v) is 6.48. The molecule has 3 rings (SSSR count). The van der Waals surface area contributed by atoms with Crippen molar-refractivity contribution in [1.29, 1.82) is 0 Å². The maximum absolute atomic E-state index is 13.1. The Morgan fingerprint density at radius 1 is 1.17 bits per heavy atom. The second kappa shape index (κ2) is 12.6. The number of rotatable bonds is 9. The number of likely N-dealkylation sites (N-methyl/N-ethyl adjacent to an activating group) is 1. The van der Waals surface area contributed by atoms with Crippen LogP contribution in [0, 0.1) is 0 Å². The third-order valence-electron chi connectivity index (χ3n) is 4.89. The van der Waals surface area contributed by atoms with Crippen LogP contribution in [0.4, 0.5) is 5.69 Å². The van der Waals surface area contributed by atoms with E-state index in [0.29, 0.717) is 49.4 Å². The molecule has 0 atom stereocenters. The van der Waals surface area contributed by atoms with E-state index in [-0.39, 0.29) is 19.1 Å². The molecule has 1 aliphatic rings. The molecule has 9 nitrogen and oxygen atoms in total. The number of thioether (sulfide) groups is 1. The summed E-state index contributed by atoms with van der Waals surface area (Å²) in [6, 6.07) is 10.2. The molecule has 36 heavy (non-hydrogen) atoms. The van der Waals surface area contributed by atoms with Crippen LogP contribution in [-0.2, 0) is 19.1 Å². The molecule has 0 aromatic heterocycles. The number of halogens is 1. The first kappa shape index (κ1) is 27.3. The fourth-order valence-corrected chi connectivity index (χ4v) is 4.89. The van der Waals surface area contributed by atoms with Crippen LogP contribution in [-0.4, -0.2) is 61.9 Å². The third kappa shape index (κ3) is 6.46. The zero-order valence-corrected chi connectivity index (χ0v) is 22.6. The molecule has 190 valence electrons. The van der Waals surface area contributed by atoms with Gasteiger partial charge in [0.2, 0.25) is 0 Å². The van der Waals surface area contributed by atoms with Crippen molar-refractivity contribution in [1.82, 2.24) is 4.90 Å². The van der Waals surface area contributed by atoms with Gasteiger partial charge in [0.15, 0.2) is 23.3 Å². The van der Waals surface area contributed by atoms with Crippen molar-refractivity contribution in [3.63, 3.8) is 0 Å². The molecule has 0 spiro atoms. The van der Waals surface area contributed by atoms with Crippen molar-refractivity contribution in [3.8, 4) is 11.5 Å². The fourth-order valence-electron chi connectivity index (χ4n) is 3.25.